The predicted molar refractivity (Wildman–Crippen MR) is 85.0 cm³/mol. The van der Waals surface area contributed by atoms with Crippen LogP contribution in [0, 0.1) is 0 Å². The van der Waals surface area contributed by atoms with Gasteiger partial charge < -0.3 is 15.3 Å². The molecule has 4 heteroatoms. The van der Waals surface area contributed by atoms with Crippen molar-refractivity contribution in [2.75, 3.05) is 25.5 Å². The second-order valence-corrected chi connectivity index (χ2v) is 5.76. The number of piperidine rings is 1. The fourth-order valence-electron chi connectivity index (χ4n) is 3.12. The number of nitrogens with one attached hydrogen (secondary N) is 1. The second kappa shape index (κ2) is 5.74. The summed E-state index contributed by atoms with van der Waals surface area (Å²) in [7, 11) is 2.14. The largest absolute Gasteiger partial charge is 0.478 e. The summed E-state index contributed by atoms with van der Waals surface area (Å²) in [6.45, 7) is 2.17. The number of carboxylic acids is 1. The van der Waals surface area contributed by atoms with Gasteiger partial charge in [0.1, 0.15) is 0 Å². The number of benzene rings is 2. The summed E-state index contributed by atoms with van der Waals surface area (Å²) >= 11 is 0. The van der Waals surface area contributed by atoms with Crippen LogP contribution in [0.1, 0.15) is 23.2 Å². The third kappa shape index (κ3) is 2.85. The molecule has 1 heterocycles. The zero-order valence-electron chi connectivity index (χ0n) is 12.2. The van der Waals surface area contributed by atoms with Crippen molar-refractivity contribution >= 4 is 22.4 Å². The molecule has 2 aromatic carbocycles. The van der Waals surface area contributed by atoms with Crippen LogP contribution in [0.5, 0.6) is 0 Å². The molecule has 1 unspecified atom stereocenters. The van der Waals surface area contributed by atoms with Crippen molar-refractivity contribution in [2.24, 2.45) is 0 Å². The number of aromatic carboxylic acids is 1. The third-order valence-corrected chi connectivity index (χ3v) is 4.14. The number of hydrogen-bond acceptors (Lipinski definition) is 3. The van der Waals surface area contributed by atoms with Crippen LogP contribution >= 0.6 is 0 Å². The number of hydrogen-bond donors (Lipinski definition) is 2. The van der Waals surface area contributed by atoms with E-state index >= 15 is 0 Å². The number of nitrogens with zero attached hydrogens (tertiary/aromatic N) is 1. The van der Waals surface area contributed by atoms with Gasteiger partial charge in [0.15, 0.2) is 0 Å². The molecule has 0 aliphatic carbocycles. The third-order valence-electron chi connectivity index (χ3n) is 4.14. The van der Waals surface area contributed by atoms with Crippen molar-refractivity contribution in [3.05, 3.63) is 42.0 Å². The van der Waals surface area contributed by atoms with E-state index in [2.05, 4.69) is 17.3 Å². The lowest BCUT2D eigenvalue weighted by Gasteiger charge is -2.31. The van der Waals surface area contributed by atoms with Gasteiger partial charge in [-0.15, -0.1) is 0 Å². The zero-order chi connectivity index (χ0) is 14.8. The fourth-order valence-corrected chi connectivity index (χ4v) is 3.12. The predicted octanol–water partition coefficient (Wildman–Crippen LogP) is 3.04. The average molecular weight is 284 g/mol. The molecule has 3 rings (SSSR count). The smallest absolute Gasteiger partial charge is 0.336 e. The molecule has 2 aromatic rings. The highest BCUT2D eigenvalue weighted by atomic mass is 16.4. The first kappa shape index (κ1) is 13.9. The maximum absolute atomic E-state index is 11.3. The van der Waals surface area contributed by atoms with Gasteiger partial charge in [-0.1, -0.05) is 24.3 Å². The molecule has 0 radical (unpaired) electrons. The van der Waals surface area contributed by atoms with Crippen LogP contribution in [0.3, 0.4) is 0 Å². The molecule has 0 bridgehead atoms. The molecule has 1 fully saturated rings. The van der Waals surface area contributed by atoms with E-state index in [0.717, 1.165) is 36.0 Å². The number of fused-ring (bicyclic) bond motifs is 1. The number of carboxylic acid groups (broad SMARTS) is 1. The van der Waals surface area contributed by atoms with E-state index in [9.17, 15) is 9.90 Å². The molecule has 0 amide bonds. The van der Waals surface area contributed by atoms with Gasteiger partial charge in [0, 0.05) is 23.7 Å². The number of rotatable bonds is 3. The van der Waals surface area contributed by atoms with Crippen LogP contribution in [-0.2, 0) is 0 Å². The van der Waals surface area contributed by atoms with Crippen LogP contribution < -0.4 is 5.32 Å². The topological polar surface area (TPSA) is 52.6 Å². The summed E-state index contributed by atoms with van der Waals surface area (Å²) in [5.74, 6) is -0.879. The summed E-state index contributed by atoms with van der Waals surface area (Å²) in [6.07, 6.45) is 2.35. The Morgan fingerprint density at radius 2 is 2.00 bits per heavy atom. The van der Waals surface area contributed by atoms with Gasteiger partial charge in [0.2, 0.25) is 0 Å². The van der Waals surface area contributed by atoms with Crippen LogP contribution in [0.4, 0.5) is 5.69 Å². The number of likely N-dealkylation sites (tertiary alicyclic amines) is 1. The first-order valence-electron chi connectivity index (χ1n) is 7.35. The number of likely N-dealkylation sites (N-methyl/N-ethyl adjacent to an activating group) is 1. The molecule has 21 heavy (non-hydrogen) atoms. The highest BCUT2D eigenvalue weighted by molar-refractivity contribution is 6.07. The van der Waals surface area contributed by atoms with Crippen molar-refractivity contribution in [1.29, 1.82) is 0 Å². The molecule has 0 spiro atoms. The first-order chi connectivity index (χ1) is 10.1. The molecule has 4 nitrogen and oxygen atoms in total. The Balaban J connectivity index is 1.96. The van der Waals surface area contributed by atoms with Gasteiger partial charge in [0.05, 0.1) is 5.56 Å². The lowest BCUT2D eigenvalue weighted by atomic mass is 10.0. The molecule has 0 saturated carbocycles. The molecule has 0 aromatic heterocycles. The molecule has 1 aliphatic heterocycles. The summed E-state index contributed by atoms with van der Waals surface area (Å²) in [5, 5.41) is 14.7. The van der Waals surface area contributed by atoms with Crippen LogP contribution in [0.25, 0.3) is 10.8 Å². The lowest BCUT2D eigenvalue weighted by Crippen LogP contribution is -2.39. The Morgan fingerprint density at radius 3 is 2.71 bits per heavy atom. The Kier molecular flexibility index (Phi) is 3.80. The van der Waals surface area contributed by atoms with E-state index < -0.39 is 5.97 Å². The molecule has 110 valence electrons. The normalized spacial score (nSPS) is 19.6. The van der Waals surface area contributed by atoms with Crippen molar-refractivity contribution in [3.8, 4) is 0 Å². The van der Waals surface area contributed by atoms with E-state index in [1.54, 1.807) is 6.07 Å². The van der Waals surface area contributed by atoms with Crippen molar-refractivity contribution in [1.82, 2.24) is 4.90 Å². The Hall–Kier alpha value is -2.07. The van der Waals surface area contributed by atoms with E-state index in [-0.39, 0.29) is 0 Å². The summed E-state index contributed by atoms with van der Waals surface area (Å²) in [6, 6.07) is 11.7. The van der Waals surface area contributed by atoms with Gasteiger partial charge in [0.25, 0.3) is 0 Å². The number of anilines is 1. The summed E-state index contributed by atoms with van der Waals surface area (Å²) in [4.78, 5) is 13.7. The highest BCUT2D eigenvalue weighted by Crippen LogP contribution is 2.28. The molecule has 2 N–H and O–H groups in total. The van der Waals surface area contributed by atoms with E-state index in [1.807, 2.05) is 30.3 Å². The summed E-state index contributed by atoms with van der Waals surface area (Å²) in [5.41, 5.74) is 1.38. The second-order valence-electron chi connectivity index (χ2n) is 5.76. The van der Waals surface area contributed by atoms with Crippen LogP contribution in [-0.4, -0.2) is 42.2 Å². The van der Waals surface area contributed by atoms with E-state index in [4.69, 9.17) is 0 Å². The molecule has 1 saturated heterocycles. The van der Waals surface area contributed by atoms with Crippen LogP contribution in [0.15, 0.2) is 36.4 Å². The molecular weight excluding hydrogens is 264 g/mol. The van der Waals surface area contributed by atoms with E-state index in [1.165, 1.54) is 6.42 Å². The van der Waals surface area contributed by atoms with Gasteiger partial charge in [-0.25, -0.2) is 4.79 Å². The Labute approximate surface area is 124 Å². The van der Waals surface area contributed by atoms with Crippen molar-refractivity contribution < 1.29 is 9.90 Å². The number of carbonyl (C=O) groups is 1. The first-order valence-corrected chi connectivity index (χ1v) is 7.35. The maximum Gasteiger partial charge on any atom is 0.336 e. The van der Waals surface area contributed by atoms with E-state index in [0.29, 0.717) is 11.6 Å². The maximum atomic E-state index is 11.3. The van der Waals surface area contributed by atoms with Crippen molar-refractivity contribution in [3.63, 3.8) is 0 Å². The van der Waals surface area contributed by atoms with Gasteiger partial charge in [-0.05, 0) is 44.0 Å². The van der Waals surface area contributed by atoms with Gasteiger partial charge in [-0.3, -0.25) is 0 Å². The Bertz CT molecular complexity index is 669. The standard InChI is InChI=1S/C17H20N2O2/c1-19-10-4-5-12(11-19)18-16-9-8-15(17(20)21)13-6-2-3-7-14(13)16/h2-3,6-9,12,18H,4-5,10-11H2,1H3,(H,20,21). The van der Waals surface area contributed by atoms with Gasteiger partial charge >= 0.3 is 5.97 Å². The quantitative estimate of drug-likeness (QED) is 0.909. The minimum Gasteiger partial charge on any atom is -0.478 e. The zero-order valence-corrected chi connectivity index (χ0v) is 12.2. The fraction of sp³-hybridized carbons (Fsp3) is 0.353. The van der Waals surface area contributed by atoms with Crippen LogP contribution in [0.2, 0.25) is 0 Å². The average Bonchev–Trinajstić information content (AvgIpc) is 2.47. The minimum atomic E-state index is -0.879. The molecular formula is C17H20N2O2. The lowest BCUT2D eigenvalue weighted by molar-refractivity contribution is 0.0699. The van der Waals surface area contributed by atoms with Gasteiger partial charge in [-0.2, -0.15) is 0 Å². The monoisotopic (exact) mass is 284 g/mol. The highest BCUT2D eigenvalue weighted by Gasteiger charge is 2.18. The Morgan fingerprint density at radius 1 is 1.24 bits per heavy atom. The summed E-state index contributed by atoms with van der Waals surface area (Å²) < 4.78 is 0. The molecule has 1 atom stereocenters. The van der Waals surface area contributed by atoms with Crippen molar-refractivity contribution in [2.45, 2.75) is 18.9 Å². The molecule has 1 aliphatic rings. The SMILES string of the molecule is CN1CCCC(Nc2ccc(C(=O)O)c3ccccc23)C1. The minimum absolute atomic E-state index is 0.358.